The highest BCUT2D eigenvalue weighted by atomic mass is 16.6. The van der Waals surface area contributed by atoms with E-state index in [9.17, 15) is 19.7 Å². The normalized spacial score (nSPS) is 15.2. The first-order chi connectivity index (χ1) is 18.2. The quantitative estimate of drug-likeness (QED) is 0.165. The molecular formula is C27H34N4O7. The zero-order valence-corrected chi connectivity index (χ0v) is 22.2. The molecule has 11 nitrogen and oxygen atoms in total. The monoisotopic (exact) mass is 526 g/mol. The number of benzene rings is 1. The van der Waals surface area contributed by atoms with Crippen LogP contribution in [0.15, 0.2) is 52.9 Å². The Bertz CT molecular complexity index is 1230. The molecule has 1 aromatic heterocycles. The number of carbonyl (C=O) groups is 2. The van der Waals surface area contributed by atoms with Crippen LogP contribution < -0.4 is 10.1 Å². The van der Waals surface area contributed by atoms with Gasteiger partial charge < -0.3 is 19.5 Å². The number of hydrogen-bond donors (Lipinski definition) is 2. The van der Waals surface area contributed by atoms with Gasteiger partial charge in [-0.1, -0.05) is 12.1 Å². The van der Waals surface area contributed by atoms with Gasteiger partial charge >= 0.3 is 11.9 Å². The van der Waals surface area contributed by atoms with Crippen molar-refractivity contribution in [1.82, 2.24) is 15.5 Å². The molecule has 11 heteroatoms. The number of dihydropyridines is 1. The van der Waals surface area contributed by atoms with Gasteiger partial charge in [0.25, 0.3) is 5.69 Å². The summed E-state index contributed by atoms with van der Waals surface area (Å²) in [7, 11) is 0. The third kappa shape index (κ3) is 7.21. The second-order valence-corrected chi connectivity index (χ2v) is 9.00. The highest BCUT2D eigenvalue weighted by Crippen LogP contribution is 2.40. The average molecular weight is 527 g/mol. The molecule has 0 saturated heterocycles. The number of rotatable bonds is 13. The number of aromatic nitrogens is 2. The first kappa shape index (κ1) is 28.4. The molecular weight excluding hydrogens is 492 g/mol. The first-order valence-electron chi connectivity index (χ1n) is 12.6. The number of nitro benzene ring substituents is 1. The molecule has 1 aliphatic heterocycles. The summed E-state index contributed by atoms with van der Waals surface area (Å²) in [5.74, 6) is -1.48. The number of hydrogen-bond acceptors (Lipinski definition) is 9. The zero-order valence-electron chi connectivity index (χ0n) is 22.2. The second-order valence-electron chi connectivity index (χ2n) is 9.00. The van der Waals surface area contributed by atoms with Gasteiger partial charge in [-0.25, -0.2) is 9.59 Å². The SMILES string of the molecule is CCOC(=O)C1=C(C)NC(C)=C(C(=O)OCCCCCCOc2cc(C)[nH]n2)C1c1cccc([N+](=O)[O-])c1. The Morgan fingerprint density at radius 1 is 0.974 bits per heavy atom. The number of unbranched alkanes of at least 4 members (excludes halogenated alkanes) is 3. The number of ether oxygens (including phenoxy) is 3. The van der Waals surface area contributed by atoms with Gasteiger partial charge in [-0.3, -0.25) is 15.2 Å². The van der Waals surface area contributed by atoms with Crippen molar-refractivity contribution in [2.45, 2.75) is 59.3 Å². The van der Waals surface area contributed by atoms with E-state index in [0.29, 0.717) is 35.9 Å². The van der Waals surface area contributed by atoms with Crippen LogP contribution in [0.25, 0.3) is 0 Å². The fourth-order valence-corrected chi connectivity index (χ4v) is 4.34. The van der Waals surface area contributed by atoms with Crippen LogP contribution in [-0.2, 0) is 19.1 Å². The first-order valence-corrected chi connectivity index (χ1v) is 12.6. The van der Waals surface area contributed by atoms with Crippen molar-refractivity contribution in [1.29, 1.82) is 0 Å². The largest absolute Gasteiger partial charge is 0.477 e. The molecule has 0 radical (unpaired) electrons. The Kier molecular flexibility index (Phi) is 10.0. The highest BCUT2D eigenvalue weighted by molar-refractivity contribution is 5.99. The lowest BCUT2D eigenvalue weighted by molar-refractivity contribution is -0.384. The molecule has 2 N–H and O–H groups in total. The number of non-ortho nitro benzene ring substituents is 1. The Labute approximate surface area is 221 Å². The van der Waals surface area contributed by atoms with Gasteiger partial charge in [0, 0.05) is 35.3 Å². The van der Waals surface area contributed by atoms with Gasteiger partial charge in [0.2, 0.25) is 5.88 Å². The van der Waals surface area contributed by atoms with Gasteiger partial charge in [0.05, 0.1) is 41.8 Å². The van der Waals surface area contributed by atoms with Crippen molar-refractivity contribution >= 4 is 17.6 Å². The van der Waals surface area contributed by atoms with E-state index in [0.717, 1.165) is 25.0 Å². The molecule has 1 aliphatic rings. The Morgan fingerprint density at radius 3 is 2.24 bits per heavy atom. The molecule has 3 rings (SSSR count). The van der Waals surface area contributed by atoms with E-state index < -0.39 is 22.8 Å². The van der Waals surface area contributed by atoms with Gasteiger partial charge in [0.15, 0.2) is 0 Å². The summed E-state index contributed by atoms with van der Waals surface area (Å²) in [6.07, 6.45) is 3.24. The van der Waals surface area contributed by atoms with Gasteiger partial charge in [-0.2, -0.15) is 0 Å². The molecule has 0 spiro atoms. The highest BCUT2D eigenvalue weighted by Gasteiger charge is 2.38. The molecule has 1 unspecified atom stereocenters. The second kappa shape index (κ2) is 13.4. The molecule has 0 aliphatic carbocycles. The Morgan fingerprint density at radius 2 is 1.63 bits per heavy atom. The molecule has 1 atom stereocenters. The average Bonchev–Trinajstić information content (AvgIpc) is 3.29. The molecule has 0 fully saturated rings. The third-order valence-electron chi connectivity index (χ3n) is 6.09. The lowest BCUT2D eigenvalue weighted by Gasteiger charge is -2.30. The zero-order chi connectivity index (χ0) is 27.7. The summed E-state index contributed by atoms with van der Waals surface area (Å²) in [6, 6.07) is 7.75. The standard InChI is InChI=1S/C27H34N4O7/c1-5-36-26(32)23-18(3)28-19(4)24(25(23)20-11-10-12-21(16-20)31(34)35)27(33)38-14-9-7-6-8-13-37-22-15-17(2)29-30-22/h10-12,15-16,25,28H,5-9,13-14H2,1-4H3,(H,29,30). The number of aryl methyl sites for hydroxylation is 1. The van der Waals surface area contributed by atoms with E-state index in [1.807, 2.05) is 13.0 Å². The van der Waals surface area contributed by atoms with Crippen molar-refractivity contribution in [3.8, 4) is 5.88 Å². The van der Waals surface area contributed by atoms with Crippen molar-refractivity contribution in [2.75, 3.05) is 19.8 Å². The van der Waals surface area contributed by atoms with Crippen molar-refractivity contribution < 1.29 is 28.7 Å². The molecule has 0 saturated carbocycles. The topological polar surface area (TPSA) is 146 Å². The van der Waals surface area contributed by atoms with E-state index >= 15 is 0 Å². The summed E-state index contributed by atoms with van der Waals surface area (Å²) in [5, 5.41) is 21.3. The number of nitro groups is 1. The lowest BCUT2D eigenvalue weighted by Crippen LogP contribution is -2.32. The number of nitrogens with zero attached hydrogens (tertiary/aromatic N) is 2. The number of nitrogens with one attached hydrogen (secondary N) is 2. The third-order valence-corrected chi connectivity index (χ3v) is 6.09. The van der Waals surface area contributed by atoms with Crippen LogP contribution >= 0.6 is 0 Å². The predicted octanol–water partition coefficient (Wildman–Crippen LogP) is 4.61. The minimum atomic E-state index is -0.870. The van der Waals surface area contributed by atoms with E-state index in [-0.39, 0.29) is 30.0 Å². The van der Waals surface area contributed by atoms with Crippen LogP contribution in [0, 0.1) is 17.0 Å². The maximum atomic E-state index is 13.3. The fourth-order valence-electron chi connectivity index (χ4n) is 4.34. The summed E-state index contributed by atoms with van der Waals surface area (Å²) < 4.78 is 16.4. The number of allylic oxidation sites excluding steroid dienone is 2. The summed E-state index contributed by atoms with van der Waals surface area (Å²) >= 11 is 0. The van der Waals surface area contributed by atoms with Crippen molar-refractivity contribution in [3.63, 3.8) is 0 Å². The predicted molar refractivity (Wildman–Crippen MR) is 139 cm³/mol. The Hall–Kier alpha value is -4.15. The molecule has 2 heterocycles. The van der Waals surface area contributed by atoms with E-state index in [4.69, 9.17) is 14.2 Å². The van der Waals surface area contributed by atoms with E-state index in [2.05, 4.69) is 15.5 Å². The number of carbonyl (C=O) groups excluding carboxylic acids is 2. The Balaban J connectivity index is 1.65. The van der Waals surface area contributed by atoms with Gasteiger partial charge in [-0.15, -0.1) is 5.10 Å². The van der Waals surface area contributed by atoms with Crippen LogP contribution in [0.1, 0.15) is 63.6 Å². The van der Waals surface area contributed by atoms with Crippen molar-refractivity contribution in [2.24, 2.45) is 0 Å². The maximum Gasteiger partial charge on any atom is 0.336 e. The minimum Gasteiger partial charge on any atom is -0.477 e. The van der Waals surface area contributed by atoms with E-state index in [1.54, 1.807) is 26.8 Å². The molecule has 1 aromatic carbocycles. The van der Waals surface area contributed by atoms with Crippen LogP contribution in [0.4, 0.5) is 5.69 Å². The molecule has 204 valence electrons. The molecule has 2 aromatic rings. The molecule has 0 bridgehead atoms. The van der Waals surface area contributed by atoms with Gasteiger partial charge in [-0.05, 0) is 58.9 Å². The summed E-state index contributed by atoms with van der Waals surface area (Å²) in [5.41, 5.74) is 2.70. The minimum absolute atomic E-state index is 0.140. The lowest BCUT2D eigenvalue weighted by atomic mass is 9.80. The molecule has 38 heavy (non-hydrogen) atoms. The number of aromatic amines is 1. The summed E-state index contributed by atoms with van der Waals surface area (Å²) in [6.45, 7) is 7.91. The van der Waals surface area contributed by atoms with Crippen LogP contribution in [-0.4, -0.2) is 46.9 Å². The summed E-state index contributed by atoms with van der Waals surface area (Å²) in [4.78, 5) is 37.1. The maximum absolute atomic E-state index is 13.3. The van der Waals surface area contributed by atoms with Crippen LogP contribution in [0.3, 0.4) is 0 Å². The fraction of sp³-hybridized carbons (Fsp3) is 0.444. The smallest absolute Gasteiger partial charge is 0.336 e. The number of H-pyrrole nitrogens is 1. The van der Waals surface area contributed by atoms with Gasteiger partial charge in [0.1, 0.15) is 0 Å². The molecule has 0 amide bonds. The van der Waals surface area contributed by atoms with Crippen LogP contribution in [0.5, 0.6) is 5.88 Å². The number of esters is 2. The van der Waals surface area contributed by atoms with Crippen LogP contribution in [0.2, 0.25) is 0 Å². The van der Waals surface area contributed by atoms with E-state index in [1.165, 1.54) is 18.2 Å². The van der Waals surface area contributed by atoms with Crippen molar-refractivity contribution in [3.05, 3.63) is 74.2 Å².